The molecule has 0 saturated carbocycles. The Morgan fingerprint density at radius 2 is 1.96 bits per heavy atom. The summed E-state index contributed by atoms with van der Waals surface area (Å²) in [5, 5.41) is 9.44. The van der Waals surface area contributed by atoms with E-state index in [0.29, 0.717) is 25.1 Å². The Labute approximate surface area is 159 Å². The maximum Gasteiger partial charge on any atom is 0.255 e. The molecule has 1 aliphatic rings. The van der Waals surface area contributed by atoms with Crippen LogP contribution in [0.1, 0.15) is 28.8 Å². The molecule has 6 heteroatoms. The van der Waals surface area contributed by atoms with Crippen molar-refractivity contribution in [2.45, 2.75) is 25.3 Å². The van der Waals surface area contributed by atoms with Crippen molar-refractivity contribution in [1.29, 1.82) is 0 Å². The highest BCUT2D eigenvalue weighted by atomic mass is 16.3. The Morgan fingerprint density at radius 3 is 2.67 bits per heavy atom. The van der Waals surface area contributed by atoms with Gasteiger partial charge in [-0.3, -0.25) is 14.5 Å². The Morgan fingerprint density at radius 1 is 1.15 bits per heavy atom. The molecule has 2 aromatic rings. The van der Waals surface area contributed by atoms with Crippen molar-refractivity contribution >= 4 is 5.91 Å². The van der Waals surface area contributed by atoms with E-state index in [1.54, 1.807) is 6.07 Å². The van der Waals surface area contributed by atoms with Gasteiger partial charge in [0.25, 0.3) is 5.91 Å². The highest BCUT2D eigenvalue weighted by Gasteiger charge is 2.29. The predicted molar refractivity (Wildman–Crippen MR) is 105 cm³/mol. The molecule has 0 bridgehead atoms. The minimum Gasteiger partial charge on any atom is -0.396 e. The Hall–Kier alpha value is -2.44. The predicted octanol–water partition coefficient (Wildman–Crippen LogP) is 1.52. The molecule has 144 valence electrons. The molecule has 2 N–H and O–H groups in total. The van der Waals surface area contributed by atoms with Crippen LogP contribution in [0, 0.1) is 0 Å². The summed E-state index contributed by atoms with van der Waals surface area (Å²) in [4.78, 5) is 30.6. The molecule has 0 aliphatic carbocycles. The molecule has 6 nitrogen and oxygen atoms in total. The number of hydrogen-bond acceptors (Lipinski definition) is 4. The zero-order chi connectivity index (χ0) is 19.1. The van der Waals surface area contributed by atoms with E-state index in [1.165, 1.54) is 17.8 Å². The maximum atomic E-state index is 12.7. The van der Waals surface area contributed by atoms with Crippen LogP contribution >= 0.6 is 0 Å². The largest absolute Gasteiger partial charge is 0.396 e. The van der Waals surface area contributed by atoms with E-state index in [0.717, 1.165) is 25.9 Å². The van der Waals surface area contributed by atoms with E-state index in [1.807, 2.05) is 11.0 Å². The van der Waals surface area contributed by atoms with Crippen molar-refractivity contribution < 1.29 is 9.90 Å². The number of hydrogen-bond donors (Lipinski definition) is 2. The normalized spacial score (nSPS) is 17.8. The summed E-state index contributed by atoms with van der Waals surface area (Å²) in [5.41, 5.74) is 1.62. The van der Waals surface area contributed by atoms with Crippen molar-refractivity contribution in [2.75, 3.05) is 32.8 Å². The van der Waals surface area contributed by atoms with E-state index >= 15 is 0 Å². The van der Waals surface area contributed by atoms with Gasteiger partial charge >= 0.3 is 0 Å². The van der Waals surface area contributed by atoms with Crippen LogP contribution in [0.15, 0.2) is 53.5 Å². The summed E-state index contributed by atoms with van der Waals surface area (Å²) in [6.45, 7) is 3.13. The number of aliphatic hydroxyl groups is 1. The summed E-state index contributed by atoms with van der Waals surface area (Å²) < 4.78 is 0. The molecule has 1 aromatic heterocycles. The summed E-state index contributed by atoms with van der Waals surface area (Å²) in [7, 11) is 0. The highest BCUT2D eigenvalue weighted by molar-refractivity contribution is 5.93. The van der Waals surface area contributed by atoms with Gasteiger partial charge in [-0.15, -0.1) is 0 Å². The van der Waals surface area contributed by atoms with Gasteiger partial charge in [0.05, 0.1) is 5.56 Å². The van der Waals surface area contributed by atoms with Gasteiger partial charge in [-0.05, 0) is 37.4 Å². The fourth-order valence-electron chi connectivity index (χ4n) is 3.65. The number of pyridine rings is 1. The van der Waals surface area contributed by atoms with Gasteiger partial charge in [0.2, 0.25) is 5.56 Å². The number of aliphatic hydroxyl groups excluding tert-OH is 1. The number of nitrogens with one attached hydrogen (secondary N) is 1. The molecule has 1 aliphatic heterocycles. The van der Waals surface area contributed by atoms with Gasteiger partial charge in [-0.1, -0.05) is 30.3 Å². The number of piperazine rings is 1. The van der Waals surface area contributed by atoms with Crippen LogP contribution in [0.25, 0.3) is 0 Å². The van der Waals surface area contributed by atoms with Gasteiger partial charge in [0.15, 0.2) is 0 Å². The Balaban J connectivity index is 1.56. The number of aromatic amines is 1. The molecule has 3 rings (SSSR count). The van der Waals surface area contributed by atoms with Crippen molar-refractivity contribution in [3.05, 3.63) is 70.1 Å². The van der Waals surface area contributed by atoms with Gasteiger partial charge in [-0.25, -0.2) is 0 Å². The number of rotatable bonds is 7. The van der Waals surface area contributed by atoms with E-state index in [4.69, 9.17) is 0 Å². The maximum absolute atomic E-state index is 12.7. The lowest BCUT2D eigenvalue weighted by Gasteiger charge is -2.41. The van der Waals surface area contributed by atoms with E-state index in [2.05, 4.69) is 34.1 Å². The quantitative estimate of drug-likeness (QED) is 0.776. The van der Waals surface area contributed by atoms with Crippen molar-refractivity contribution in [2.24, 2.45) is 0 Å². The minimum atomic E-state index is -0.215. The number of carbonyl (C=O) groups excluding carboxylic acids is 1. The third-order valence-corrected chi connectivity index (χ3v) is 5.14. The number of H-pyrrole nitrogens is 1. The first-order valence-corrected chi connectivity index (χ1v) is 9.54. The minimum absolute atomic E-state index is 0.0712. The van der Waals surface area contributed by atoms with Gasteiger partial charge in [-0.2, -0.15) is 0 Å². The number of benzene rings is 1. The smallest absolute Gasteiger partial charge is 0.255 e. The fraction of sp³-hybridized carbons (Fsp3) is 0.429. The van der Waals surface area contributed by atoms with Crippen LogP contribution in [0.3, 0.4) is 0 Å². The number of carbonyl (C=O) groups is 1. The van der Waals surface area contributed by atoms with Crippen LogP contribution in [-0.2, 0) is 6.42 Å². The second kappa shape index (κ2) is 9.48. The summed E-state index contributed by atoms with van der Waals surface area (Å²) in [6, 6.07) is 13.5. The number of nitrogens with zero attached hydrogens (tertiary/aromatic N) is 2. The molecule has 0 radical (unpaired) electrons. The summed E-state index contributed by atoms with van der Waals surface area (Å²) in [6.07, 6.45) is 4.21. The standard InChI is InChI=1S/C21H27N3O3/c25-14-10-19-16-24(21(27)18-8-9-20(26)22-15-18)13-12-23(19)11-4-7-17-5-2-1-3-6-17/h1-3,5-6,8-9,15,19,25H,4,7,10-14,16H2,(H,22,26). The SMILES string of the molecule is O=C(c1ccc(=O)[nH]c1)N1CCN(CCCc2ccccc2)C(CCO)C1. The summed E-state index contributed by atoms with van der Waals surface area (Å²) >= 11 is 0. The lowest BCUT2D eigenvalue weighted by atomic mass is 10.1. The fourth-order valence-corrected chi connectivity index (χ4v) is 3.65. The molecule has 2 heterocycles. The van der Waals surface area contributed by atoms with Crippen molar-refractivity contribution in [1.82, 2.24) is 14.8 Å². The van der Waals surface area contributed by atoms with Crippen molar-refractivity contribution in [3.8, 4) is 0 Å². The van der Waals surface area contributed by atoms with Crippen LogP contribution < -0.4 is 5.56 Å². The molecule has 1 atom stereocenters. The number of aromatic nitrogens is 1. The monoisotopic (exact) mass is 369 g/mol. The lowest BCUT2D eigenvalue weighted by Crippen LogP contribution is -2.55. The Kier molecular flexibility index (Phi) is 6.79. The van der Waals surface area contributed by atoms with Crippen LogP contribution in [0.4, 0.5) is 0 Å². The first kappa shape index (κ1) is 19.3. The average molecular weight is 369 g/mol. The second-order valence-corrected chi connectivity index (χ2v) is 6.98. The molecule has 0 spiro atoms. The highest BCUT2D eigenvalue weighted by Crippen LogP contribution is 2.16. The topological polar surface area (TPSA) is 76.6 Å². The van der Waals surface area contributed by atoms with Crippen LogP contribution in [0.2, 0.25) is 0 Å². The number of amides is 1. The molecule has 1 saturated heterocycles. The van der Waals surface area contributed by atoms with E-state index in [9.17, 15) is 14.7 Å². The van der Waals surface area contributed by atoms with Gasteiger partial charge in [0, 0.05) is 44.5 Å². The van der Waals surface area contributed by atoms with Crippen molar-refractivity contribution in [3.63, 3.8) is 0 Å². The van der Waals surface area contributed by atoms with Gasteiger partial charge in [0.1, 0.15) is 0 Å². The summed E-state index contributed by atoms with van der Waals surface area (Å²) in [5.74, 6) is -0.0712. The number of aryl methyl sites for hydroxylation is 1. The molecular formula is C21H27N3O3. The zero-order valence-electron chi connectivity index (χ0n) is 15.5. The van der Waals surface area contributed by atoms with Gasteiger partial charge < -0.3 is 15.0 Å². The molecule has 27 heavy (non-hydrogen) atoms. The van der Waals surface area contributed by atoms with E-state index in [-0.39, 0.29) is 24.1 Å². The molecular weight excluding hydrogens is 342 g/mol. The molecule has 1 aromatic carbocycles. The zero-order valence-corrected chi connectivity index (χ0v) is 15.5. The Bertz CT molecular complexity index is 770. The lowest BCUT2D eigenvalue weighted by molar-refractivity contribution is 0.0418. The molecule has 1 unspecified atom stereocenters. The second-order valence-electron chi connectivity index (χ2n) is 6.98. The molecule has 1 fully saturated rings. The third-order valence-electron chi connectivity index (χ3n) is 5.14. The van der Waals surface area contributed by atoms with Crippen LogP contribution in [-0.4, -0.2) is 64.6 Å². The molecule has 1 amide bonds. The average Bonchev–Trinajstić information content (AvgIpc) is 2.70. The van der Waals surface area contributed by atoms with Crippen LogP contribution in [0.5, 0.6) is 0 Å². The first-order chi connectivity index (χ1) is 13.2. The first-order valence-electron chi connectivity index (χ1n) is 9.54. The third kappa shape index (κ3) is 5.28. The van der Waals surface area contributed by atoms with E-state index < -0.39 is 0 Å².